The van der Waals surface area contributed by atoms with Gasteiger partial charge in [0, 0.05) is 69.7 Å². The van der Waals surface area contributed by atoms with Crippen molar-refractivity contribution in [3.63, 3.8) is 0 Å². The van der Waals surface area contributed by atoms with E-state index < -0.39 is 0 Å². The second-order valence-electron chi connectivity index (χ2n) is 12.1. The summed E-state index contributed by atoms with van der Waals surface area (Å²) in [5, 5.41) is 12.5. The maximum Gasteiger partial charge on any atom is 0.227 e. The number of benzene rings is 4. The molecule has 0 radical (unpaired) electrons. The maximum absolute atomic E-state index is 5.56. The molecule has 0 saturated carbocycles. The minimum absolute atomic E-state index is 0.725. The van der Waals surface area contributed by atoms with E-state index in [-0.39, 0.29) is 0 Å². The van der Waals surface area contributed by atoms with Gasteiger partial charge in [-0.15, -0.1) is 0 Å². The van der Waals surface area contributed by atoms with Gasteiger partial charge in [0.25, 0.3) is 0 Å². The summed E-state index contributed by atoms with van der Waals surface area (Å²) in [6, 6.07) is 37.1. The van der Waals surface area contributed by atoms with Crippen LogP contribution in [0.2, 0.25) is 0 Å². The van der Waals surface area contributed by atoms with Gasteiger partial charge in [0.15, 0.2) is 0 Å². The summed E-state index contributed by atoms with van der Waals surface area (Å²) in [6.45, 7) is 8.62. The van der Waals surface area contributed by atoms with Crippen LogP contribution in [0.1, 0.15) is 17.5 Å². The Bertz CT molecular complexity index is 1930. The van der Waals surface area contributed by atoms with Gasteiger partial charge < -0.3 is 30.5 Å². The predicted octanol–water partition coefficient (Wildman–Crippen LogP) is 6.12. The van der Waals surface area contributed by atoms with Gasteiger partial charge in [0.05, 0.1) is 17.6 Å². The average Bonchev–Trinajstić information content (AvgIpc) is 3.47. The Morgan fingerprint density at radius 2 is 1.02 bits per heavy atom. The van der Waals surface area contributed by atoms with Gasteiger partial charge in [0.2, 0.25) is 11.9 Å². The molecule has 10 nitrogen and oxygen atoms in total. The van der Waals surface area contributed by atoms with E-state index in [0.717, 1.165) is 117 Å². The van der Waals surface area contributed by atoms with Crippen molar-refractivity contribution in [2.45, 2.75) is 19.5 Å². The van der Waals surface area contributed by atoms with E-state index in [0.29, 0.717) is 0 Å². The molecule has 2 fully saturated rings. The fourth-order valence-corrected chi connectivity index (χ4v) is 6.06. The molecule has 10 heteroatoms. The molecule has 2 aliphatic rings. The van der Waals surface area contributed by atoms with Gasteiger partial charge in [-0.3, -0.25) is 0 Å². The van der Waals surface area contributed by atoms with Crippen LogP contribution in [-0.2, 0) is 17.8 Å². The molecule has 4 aromatic carbocycles. The second kappa shape index (κ2) is 16.2. The molecule has 0 atom stereocenters. The first-order valence-electron chi connectivity index (χ1n) is 17.2. The summed E-state index contributed by atoms with van der Waals surface area (Å²) in [5.41, 5.74) is 4.42. The highest BCUT2D eigenvalue weighted by Gasteiger charge is 2.17. The molecule has 0 unspecified atom stereocenters. The van der Waals surface area contributed by atoms with Gasteiger partial charge in [-0.2, -0.15) is 9.97 Å². The zero-order valence-corrected chi connectivity index (χ0v) is 27.8. The van der Waals surface area contributed by atoms with Crippen LogP contribution < -0.4 is 25.8 Å². The van der Waals surface area contributed by atoms with Crippen LogP contribution in [0.15, 0.2) is 109 Å². The summed E-state index contributed by atoms with van der Waals surface area (Å²) in [4.78, 5) is 23.6. The van der Waals surface area contributed by atoms with Crippen molar-refractivity contribution in [3.05, 3.63) is 120 Å². The molecule has 2 aliphatic heterocycles. The molecule has 0 bridgehead atoms. The van der Waals surface area contributed by atoms with Crippen molar-refractivity contribution in [3.8, 4) is 0 Å². The molecule has 0 aliphatic carbocycles. The standard InChI is InChI=1S/C20H22N4O.C19H21N5/c1-2-7-16(8-3-1)15-21-19-17-9-4-5-10-18(17)22-20(23-19)24-11-6-13-25-14-12-24;1-2-6-15(7-3-1)14-21-18-16-8-4-5-9-17(16)22-19(23-18)24-12-10-20-11-13-24/h1-5,7-10H,6,11-15H2,(H,21,22,23);1-9,20H,10-14H2,(H,21,22,23). The van der Waals surface area contributed by atoms with E-state index in [1.165, 1.54) is 11.1 Å². The molecule has 0 spiro atoms. The number of aromatic nitrogens is 4. The van der Waals surface area contributed by atoms with Gasteiger partial charge in [-0.1, -0.05) is 84.9 Å². The van der Waals surface area contributed by atoms with Crippen LogP contribution >= 0.6 is 0 Å². The quantitative estimate of drug-likeness (QED) is 0.178. The van der Waals surface area contributed by atoms with Crippen LogP contribution in [0.3, 0.4) is 0 Å². The van der Waals surface area contributed by atoms with Gasteiger partial charge >= 0.3 is 0 Å². The number of rotatable bonds is 8. The first-order valence-corrected chi connectivity index (χ1v) is 17.2. The lowest BCUT2D eigenvalue weighted by atomic mass is 10.2. The van der Waals surface area contributed by atoms with E-state index in [4.69, 9.17) is 24.7 Å². The van der Waals surface area contributed by atoms with Crippen molar-refractivity contribution in [2.24, 2.45) is 0 Å². The number of hydrogen-bond acceptors (Lipinski definition) is 10. The molecule has 49 heavy (non-hydrogen) atoms. The minimum atomic E-state index is 0.725. The number of piperazine rings is 1. The fraction of sp³-hybridized carbons (Fsp3) is 0.282. The van der Waals surface area contributed by atoms with Gasteiger partial charge in [-0.05, 0) is 41.8 Å². The van der Waals surface area contributed by atoms with Crippen molar-refractivity contribution < 1.29 is 4.74 Å². The molecule has 0 amide bonds. The molecule has 250 valence electrons. The number of nitrogens with one attached hydrogen (secondary N) is 3. The van der Waals surface area contributed by atoms with Crippen LogP contribution in [0.4, 0.5) is 23.5 Å². The van der Waals surface area contributed by atoms with E-state index in [9.17, 15) is 0 Å². The lowest BCUT2D eigenvalue weighted by Gasteiger charge is -2.28. The van der Waals surface area contributed by atoms with Crippen LogP contribution in [-0.4, -0.2) is 72.4 Å². The zero-order chi connectivity index (χ0) is 33.1. The van der Waals surface area contributed by atoms with Crippen molar-refractivity contribution >= 4 is 45.3 Å². The van der Waals surface area contributed by atoms with Gasteiger partial charge in [0.1, 0.15) is 11.6 Å². The van der Waals surface area contributed by atoms with E-state index in [1.54, 1.807) is 0 Å². The monoisotopic (exact) mass is 653 g/mol. The van der Waals surface area contributed by atoms with Crippen LogP contribution in [0.5, 0.6) is 0 Å². The highest BCUT2D eigenvalue weighted by atomic mass is 16.5. The summed E-state index contributed by atoms with van der Waals surface area (Å²) in [6.07, 6.45) is 1.00. The van der Waals surface area contributed by atoms with Crippen LogP contribution in [0, 0.1) is 0 Å². The summed E-state index contributed by atoms with van der Waals surface area (Å²) in [5.74, 6) is 3.37. The number of anilines is 4. The maximum atomic E-state index is 5.56. The Hall–Kier alpha value is -5.32. The van der Waals surface area contributed by atoms with E-state index in [1.807, 2.05) is 42.5 Å². The molecule has 2 aromatic heterocycles. The largest absolute Gasteiger partial charge is 0.380 e. The highest BCUT2D eigenvalue weighted by molar-refractivity contribution is 5.91. The number of fused-ring (bicyclic) bond motifs is 2. The molecule has 4 heterocycles. The molecule has 3 N–H and O–H groups in total. The number of nitrogens with zero attached hydrogens (tertiary/aromatic N) is 6. The number of ether oxygens (including phenoxy) is 1. The average molecular weight is 654 g/mol. The molecule has 8 rings (SSSR count). The number of para-hydroxylation sites is 2. The molecular weight excluding hydrogens is 610 g/mol. The molecular formula is C39H43N9O. The third kappa shape index (κ3) is 8.40. The normalized spacial score (nSPS) is 14.9. The lowest BCUT2D eigenvalue weighted by molar-refractivity contribution is 0.152. The van der Waals surface area contributed by atoms with E-state index >= 15 is 0 Å². The smallest absolute Gasteiger partial charge is 0.227 e. The third-order valence-corrected chi connectivity index (χ3v) is 8.69. The summed E-state index contributed by atoms with van der Waals surface area (Å²) >= 11 is 0. The fourth-order valence-electron chi connectivity index (χ4n) is 6.06. The van der Waals surface area contributed by atoms with Crippen molar-refractivity contribution in [1.29, 1.82) is 0 Å². The predicted molar refractivity (Wildman–Crippen MR) is 199 cm³/mol. The highest BCUT2D eigenvalue weighted by Crippen LogP contribution is 2.26. The third-order valence-electron chi connectivity index (χ3n) is 8.69. The van der Waals surface area contributed by atoms with Crippen LogP contribution in [0.25, 0.3) is 21.8 Å². The lowest BCUT2D eigenvalue weighted by Crippen LogP contribution is -2.44. The Kier molecular flexibility index (Phi) is 10.6. The van der Waals surface area contributed by atoms with Gasteiger partial charge in [-0.25, -0.2) is 9.97 Å². The Balaban J connectivity index is 0.000000154. The topological polar surface area (TPSA) is 103 Å². The summed E-state index contributed by atoms with van der Waals surface area (Å²) < 4.78 is 5.56. The Morgan fingerprint density at radius 3 is 1.57 bits per heavy atom. The SMILES string of the molecule is c1ccc(CNc2nc(N3CCCOCC3)nc3ccccc23)cc1.c1ccc(CNc2nc(N3CCNCC3)nc3ccccc23)cc1. The Morgan fingerprint density at radius 1 is 0.531 bits per heavy atom. The van der Waals surface area contributed by atoms with E-state index in [2.05, 4.69) is 92.5 Å². The minimum Gasteiger partial charge on any atom is -0.380 e. The summed E-state index contributed by atoms with van der Waals surface area (Å²) in [7, 11) is 0. The van der Waals surface area contributed by atoms with Crippen molar-refractivity contribution in [2.75, 3.05) is 72.9 Å². The Labute approximate surface area is 287 Å². The van der Waals surface area contributed by atoms with Crippen molar-refractivity contribution in [1.82, 2.24) is 25.3 Å². The second-order valence-corrected chi connectivity index (χ2v) is 12.1. The zero-order valence-electron chi connectivity index (χ0n) is 27.8. The molecule has 6 aromatic rings. The molecule has 2 saturated heterocycles. The number of hydrogen-bond donors (Lipinski definition) is 3. The first kappa shape index (κ1) is 32.2. The first-order chi connectivity index (χ1) is 24.3.